The third-order valence-corrected chi connectivity index (χ3v) is 5.88. The lowest BCUT2D eigenvalue weighted by atomic mass is 10.2. The van der Waals surface area contributed by atoms with Crippen molar-refractivity contribution in [1.82, 2.24) is 15.1 Å². The second-order valence-corrected chi connectivity index (χ2v) is 8.08. The summed E-state index contributed by atoms with van der Waals surface area (Å²) in [6, 6.07) is 13.0. The van der Waals surface area contributed by atoms with Gasteiger partial charge in [-0.25, -0.2) is 0 Å². The fourth-order valence-corrected chi connectivity index (χ4v) is 4.01. The Hall–Kier alpha value is -3.40. The van der Waals surface area contributed by atoms with Crippen molar-refractivity contribution in [2.45, 2.75) is 24.8 Å². The normalized spacial score (nSPS) is 14.6. The summed E-state index contributed by atoms with van der Waals surface area (Å²) in [6.45, 7) is 3.23. The highest BCUT2D eigenvalue weighted by Gasteiger charge is 2.27. The Kier molecular flexibility index (Phi) is 7.23. The van der Waals surface area contributed by atoms with Gasteiger partial charge in [-0.05, 0) is 36.8 Å². The average Bonchev–Trinajstić information content (AvgIpc) is 3.34. The highest BCUT2D eigenvalue weighted by molar-refractivity contribution is 7.99. The molecule has 2 heterocycles. The molecule has 0 radical (unpaired) electrons. The standard InChI is InChI=1S/C23H25N3O6S/c1-4-26(12-15-9-10-16(28-2)19(11-15)29-3)21(27)14-33-23-25-24-22(32-23)20-13-30-17-7-5-6-8-18(17)31-20/h5-11,20H,4,12-14H2,1-3H3. The summed E-state index contributed by atoms with van der Waals surface area (Å²) in [5.41, 5.74) is 0.947. The number of nitrogens with zero attached hydrogens (tertiary/aromatic N) is 3. The van der Waals surface area contributed by atoms with E-state index in [2.05, 4.69) is 10.2 Å². The Labute approximate surface area is 196 Å². The monoisotopic (exact) mass is 471 g/mol. The van der Waals surface area contributed by atoms with Crippen LogP contribution >= 0.6 is 11.8 Å². The van der Waals surface area contributed by atoms with E-state index in [4.69, 9.17) is 23.4 Å². The fourth-order valence-electron chi connectivity index (χ4n) is 3.34. The third kappa shape index (κ3) is 5.33. The van der Waals surface area contributed by atoms with Gasteiger partial charge in [0.15, 0.2) is 23.0 Å². The van der Waals surface area contributed by atoms with E-state index in [1.54, 1.807) is 19.1 Å². The molecule has 174 valence electrons. The number of carbonyl (C=O) groups excluding carboxylic acids is 1. The van der Waals surface area contributed by atoms with Gasteiger partial charge in [0, 0.05) is 13.1 Å². The van der Waals surface area contributed by atoms with Crippen LogP contribution < -0.4 is 18.9 Å². The zero-order chi connectivity index (χ0) is 23.2. The number of amides is 1. The summed E-state index contributed by atoms with van der Waals surface area (Å²) in [6.07, 6.45) is -0.491. The number of hydrogen-bond acceptors (Lipinski definition) is 9. The van der Waals surface area contributed by atoms with Crippen molar-refractivity contribution in [3.63, 3.8) is 0 Å². The molecule has 0 fully saturated rings. The van der Waals surface area contributed by atoms with Crippen LogP contribution in [-0.2, 0) is 11.3 Å². The molecule has 1 aliphatic rings. The van der Waals surface area contributed by atoms with Crippen molar-refractivity contribution >= 4 is 17.7 Å². The number of para-hydroxylation sites is 2. The zero-order valence-corrected chi connectivity index (χ0v) is 19.5. The first-order valence-electron chi connectivity index (χ1n) is 10.4. The molecule has 10 heteroatoms. The Morgan fingerprint density at radius 1 is 1.12 bits per heavy atom. The fraction of sp³-hybridized carbons (Fsp3) is 0.348. The second kappa shape index (κ2) is 10.5. The van der Waals surface area contributed by atoms with Crippen LogP contribution in [0.3, 0.4) is 0 Å². The van der Waals surface area contributed by atoms with Gasteiger partial charge < -0.3 is 28.3 Å². The molecular weight excluding hydrogens is 446 g/mol. The van der Waals surface area contributed by atoms with Gasteiger partial charge in [0.1, 0.15) is 6.61 Å². The molecule has 9 nitrogen and oxygen atoms in total. The number of hydrogen-bond donors (Lipinski definition) is 0. The largest absolute Gasteiger partial charge is 0.493 e. The molecule has 0 aliphatic carbocycles. The van der Waals surface area contributed by atoms with Gasteiger partial charge in [-0.3, -0.25) is 4.79 Å². The molecular formula is C23H25N3O6S. The summed E-state index contributed by atoms with van der Waals surface area (Å²) in [4.78, 5) is 14.5. The van der Waals surface area contributed by atoms with Crippen molar-refractivity contribution in [3.8, 4) is 23.0 Å². The molecule has 0 saturated carbocycles. The minimum absolute atomic E-state index is 0.0387. The minimum Gasteiger partial charge on any atom is -0.493 e. The molecule has 0 spiro atoms. The maximum Gasteiger partial charge on any atom is 0.277 e. The van der Waals surface area contributed by atoms with E-state index in [-0.39, 0.29) is 18.3 Å². The first kappa shape index (κ1) is 22.8. The number of carbonyl (C=O) groups is 1. The molecule has 1 unspecified atom stereocenters. The molecule has 1 aromatic heterocycles. The predicted octanol–water partition coefficient (Wildman–Crippen LogP) is 3.74. The Morgan fingerprint density at radius 2 is 1.91 bits per heavy atom. The van der Waals surface area contributed by atoms with Gasteiger partial charge in [-0.2, -0.15) is 0 Å². The second-order valence-electron chi connectivity index (χ2n) is 7.16. The van der Waals surface area contributed by atoms with Crippen LogP contribution in [0.5, 0.6) is 23.0 Å². The van der Waals surface area contributed by atoms with E-state index >= 15 is 0 Å². The molecule has 1 amide bonds. The van der Waals surface area contributed by atoms with E-state index in [1.165, 1.54) is 11.8 Å². The number of aromatic nitrogens is 2. The molecule has 1 atom stereocenters. The number of fused-ring (bicyclic) bond motifs is 1. The van der Waals surface area contributed by atoms with Crippen LogP contribution in [-0.4, -0.2) is 54.1 Å². The Morgan fingerprint density at radius 3 is 2.67 bits per heavy atom. The lowest BCUT2D eigenvalue weighted by Crippen LogP contribution is -2.31. The number of benzene rings is 2. The summed E-state index contributed by atoms with van der Waals surface area (Å²) < 4.78 is 27.9. The van der Waals surface area contributed by atoms with E-state index in [0.717, 1.165) is 5.56 Å². The predicted molar refractivity (Wildman–Crippen MR) is 121 cm³/mol. The van der Waals surface area contributed by atoms with Crippen molar-refractivity contribution in [2.24, 2.45) is 0 Å². The Balaban J connectivity index is 1.33. The molecule has 33 heavy (non-hydrogen) atoms. The molecule has 0 saturated heterocycles. The van der Waals surface area contributed by atoms with Crippen LogP contribution in [0.15, 0.2) is 52.1 Å². The lowest BCUT2D eigenvalue weighted by Gasteiger charge is -2.23. The maximum atomic E-state index is 12.8. The summed E-state index contributed by atoms with van der Waals surface area (Å²) in [5, 5.41) is 8.41. The average molecular weight is 472 g/mol. The van der Waals surface area contributed by atoms with Crippen LogP contribution in [0, 0.1) is 0 Å². The molecule has 2 aromatic carbocycles. The van der Waals surface area contributed by atoms with Gasteiger partial charge in [-0.1, -0.05) is 30.0 Å². The topological polar surface area (TPSA) is 96.2 Å². The van der Waals surface area contributed by atoms with Gasteiger partial charge >= 0.3 is 0 Å². The third-order valence-electron chi connectivity index (χ3n) is 5.08. The van der Waals surface area contributed by atoms with Gasteiger partial charge in [-0.15, -0.1) is 10.2 Å². The lowest BCUT2D eigenvalue weighted by molar-refractivity contribution is -0.128. The first-order valence-corrected chi connectivity index (χ1v) is 11.4. The zero-order valence-electron chi connectivity index (χ0n) is 18.6. The van der Waals surface area contributed by atoms with Crippen LogP contribution in [0.25, 0.3) is 0 Å². The van der Waals surface area contributed by atoms with Crippen molar-refractivity contribution in [2.75, 3.05) is 33.1 Å². The van der Waals surface area contributed by atoms with E-state index in [1.807, 2.05) is 49.4 Å². The molecule has 0 N–H and O–H groups in total. The quantitative estimate of drug-likeness (QED) is 0.432. The highest BCUT2D eigenvalue weighted by atomic mass is 32.2. The minimum atomic E-state index is -0.491. The summed E-state index contributed by atoms with van der Waals surface area (Å²) in [7, 11) is 3.18. The van der Waals surface area contributed by atoms with E-state index in [0.29, 0.717) is 47.2 Å². The van der Waals surface area contributed by atoms with Gasteiger partial charge in [0.2, 0.25) is 12.0 Å². The summed E-state index contributed by atoms with van der Waals surface area (Å²) in [5.74, 6) is 3.04. The van der Waals surface area contributed by atoms with Crippen LogP contribution in [0.2, 0.25) is 0 Å². The number of ether oxygens (including phenoxy) is 4. The van der Waals surface area contributed by atoms with Crippen LogP contribution in [0.1, 0.15) is 24.5 Å². The molecule has 3 aromatic rings. The van der Waals surface area contributed by atoms with Gasteiger partial charge in [0.25, 0.3) is 11.1 Å². The number of methoxy groups -OCH3 is 2. The number of rotatable bonds is 9. The van der Waals surface area contributed by atoms with E-state index in [9.17, 15) is 4.79 Å². The van der Waals surface area contributed by atoms with Crippen molar-refractivity contribution in [1.29, 1.82) is 0 Å². The van der Waals surface area contributed by atoms with Crippen LogP contribution in [0.4, 0.5) is 0 Å². The van der Waals surface area contributed by atoms with Gasteiger partial charge in [0.05, 0.1) is 20.0 Å². The molecule has 1 aliphatic heterocycles. The summed E-state index contributed by atoms with van der Waals surface area (Å²) >= 11 is 1.19. The highest BCUT2D eigenvalue weighted by Crippen LogP contribution is 2.36. The Bertz CT molecular complexity index is 1110. The maximum absolute atomic E-state index is 12.8. The van der Waals surface area contributed by atoms with Crippen molar-refractivity contribution in [3.05, 3.63) is 53.9 Å². The van der Waals surface area contributed by atoms with E-state index < -0.39 is 6.10 Å². The SMILES string of the molecule is CCN(Cc1ccc(OC)c(OC)c1)C(=O)CSc1nnc(C2COc3ccccc3O2)o1. The number of thioether (sulfide) groups is 1. The molecule has 4 rings (SSSR count). The van der Waals surface area contributed by atoms with Crippen molar-refractivity contribution < 1.29 is 28.2 Å². The first-order chi connectivity index (χ1) is 16.1. The smallest absolute Gasteiger partial charge is 0.277 e. The molecule has 0 bridgehead atoms.